The second-order valence-corrected chi connectivity index (χ2v) is 5.03. The lowest BCUT2D eigenvalue weighted by molar-refractivity contribution is 0.286. The van der Waals surface area contributed by atoms with E-state index in [1.807, 2.05) is 42.5 Å². The van der Waals surface area contributed by atoms with Gasteiger partial charge in [-0.2, -0.15) is 0 Å². The van der Waals surface area contributed by atoms with Crippen molar-refractivity contribution in [3.63, 3.8) is 0 Å². The highest BCUT2D eigenvalue weighted by Crippen LogP contribution is 2.12. The van der Waals surface area contributed by atoms with Crippen LogP contribution in [0, 0.1) is 0 Å². The maximum atomic E-state index is 12.0. The number of ether oxygens (including phenoxy) is 1. The molecule has 0 unspecified atom stereocenters. The zero-order chi connectivity index (χ0) is 15.6. The van der Waals surface area contributed by atoms with Gasteiger partial charge in [0.05, 0.1) is 34.0 Å². The number of H-pyrrole nitrogens is 1. The Balaban J connectivity index is 1.62. The number of aromatic nitrogens is 4. The minimum absolute atomic E-state index is 0.0265. The Morgan fingerprint density at radius 1 is 0.913 bits per heavy atom. The van der Waals surface area contributed by atoms with Crippen LogP contribution in [0.15, 0.2) is 59.5 Å². The topological polar surface area (TPSA) is 80.8 Å². The van der Waals surface area contributed by atoms with Gasteiger partial charge in [-0.1, -0.05) is 24.3 Å². The van der Waals surface area contributed by atoms with Crippen LogP contribution in [0.4, 0.5) is 0 Å². The molecule has 4 aromatic rings. The summed E-state index contributed by atoms with van der Waals surface area (Å²) in [4.78, 5) is 27.7. The lowest BCUT2D eigenvalue weighted by Crippen LogP contribution is -2.13. The first kappa shape index (κ1) is 13.4. The Kier molecular flexibility index (Phi) is 3.20. The minimum atomic E-state index is -0.363. The van der Waals surface area contributed by atoms with E-state index in [1.165, 1.54) is 0 Å². The first-order valence-corrected chi connectivity index (χ1v) is 7.12. The van der Waals surface area contributed by atoms with Crippen molar-refractivity contribution in [2.24, 2.45) is 0 Å². The Hall–Kier alpha value is -3.28. The second-order valence-electron chi connectivity index (χ2n) is 5.03. The number of benzene rings is 2. The molecule has 0 atom stereocenters. The van der Waals surface area contributed by atoms with E-state index in [0.29, 0.717) is 16.7 Å². The van der Waals surface area contributed by atoms with E-state index in [2.05, 4.69) is 19.9 Å². The number of nitrogens with zero attached hydrogens (tertiary/aromatic N) is 3. The molecule has 2 aromatic heterocycles. The molecule has 23 heavy (non-hydrogen) atoms. The maximum absolute atomic E-state index is 12.0. The van der Waals surface area contributed by atoms with Crippen LogP contribution in [-0.4, -0.2) is 19.9 Å². The summed E-state index contributed by atoms with van der Waals surface area (Å²) in [5.74, 6) is 0.0265. The molecule has 4 rings (SSSR count). The number of hydrogen-bond acceptors (Lipinski definition) is 5. The fourth-order valence-electron chi connectivity index (χ4n) is 2.32. The monoisotopic (exact) mass is 304 g/mol. The third-order valence-electron chi connectivity index (χ3n) is 3.42. The van der Waals surface area contributed by atoms with Gasteiger partial charge in [0.25, 0.3) is 5.88 Å². The first-order valence-electron chi connectivity index (χ1n) is 7.12. The van der Waals surface area contributed by atoms with E-state index in [0.717, 1.165) is 11.0 Å². The molecular formula is C17H12N4O2. The summed E-state index contributed by atoms with van der Waals surface area (Å²) in [5, 5.41) is 0. The molecule has 0 saturated carbocycles. The number of para-hydroxylation sites is 4. The molecule has 6 heteroatoms. The Morgan fingerprint density at radius 2 is 1.65 bits per heavy atom. The van der Waals surface area contributed by atoms with Gasteiger partial charge in [-0.05, 0) is 24.3 Å². The van der Waals surface area contributed by atoms with Crippen LogP contribution in [-0.2, 0) is 6.61 Å². The SMILES string of the molecule is O=c1[nH]c2ccccc2nc1OCc1cnc2ccccc2n1. The lowest BCUT2D eigenvalue weighted by atomic mass is 10.3. The summed E-state index contributed by atoms with van der Waals surface area (Å²) in [6, 6.07) is 14.9. The zero-order valence-corrected chi connectivity index (χ0v) is 12.1. The van der Waals surface area contributed by atoms with Gasteiger partial charge in [0.1, 0.15) is 6.61 Å². The van der Waals surface area contributed by atoms with Gasteiger partial charge in [-0.15, -0.1) is 0 Å². The van der Waals surface area contributed by atoms with Crippen LogP contribution >= 0.6 is 0 Å². The molecule has 0 aliphatic heterocycles. The smallest absolute Gasteiger partial charge is 0.311 e. The maximum Gasteiger partial charge on any atom is 0.311 e. The first-order chi connectivity index (χ1) is 11.3. The molecule has 0 bridgehead atoms. The van der Waals surface area contributed by atoms with Gasteiger partial charge in [-0.25, -0.2) is 9.97 Å². The number of nitrogens with one attached hydrogen (secondary N) is 1. The van der Waals surface area contributed by atoms with Gasteiger partial charge in [0, 0.05) is 0 Å². The van der Waals surface area contributed by atoms with Crippen molar-refractivity contribution in [3.05, 3.63) is 70.8 Å². The highest BCUT2D eigenvalue weighted by atomic mass is 16.5. The van der Waals surface area contributed by atoms with E-state index in [9.17, 15) is 4.79 Å². The Bertz CT molecular complexity index is 1060. The summed E-state index contributed by atoms with van der Waals surface area (Å²) in [5.41, 5.74) is 3.23. The molecule has 0 radical (unpaired) electrons. The molecule has 0 amide bonds. The average molecular weight is 304 g/mol. The summed E-state index contributed by atoms with van der Waals surface area (Å²) >= 11 is 0. The average Bonchev–Trinajstić information content (AvgIpc) is 2.59. The van der Waals surface area contributed by atoms with Crippen molar-refractivity contribution in [2.45, 2.75) is 6.61 Å². The molecule has 0 aliphatic rings. The van der Waals surface area contributed by atoms with E-state index in [4.69, 9.17) is 4.74 Å². The van der Waals surface area contributed by atoms with Gasteiger partial charge in [0.15, 0.2) is 0 Å². The normalized spacial score (nSPS) is 11.0. The highest BCUT2D eigenvalue weighted by Gasteiger charge is 2.07. The molecule has 1 N–H and O–H groups in total. The quantitative estimate of drug-likeness (QED) is 0.629. The largest absolute Gasteiger partial charge is 0.467 e. The van der Waals surface area contributed by atoms with E-state index in [1.54, 1.807) is 12.3 Å². The molecule has 0 fully saturated rings. The number of hydrogen-bond donors (Lipinski definition) is 1. The molecule has 0 saturated heterocycles. The van der Waals surface area contributed by atoms with Crippen molar-refractivity contribution in [3.8, 4) is 5.88 Å². The van der Waals surface area contributed by atoms with Crippen LogP contribution < -0.4 is 10.3 Å². The van der Waals surface area contributed by atoms with Crippen molar-refractivity contribution in [1.29, 1.82) is 0 Å². The molecule has 6 nitrogen and oxygen atoms in total. The van der Waals surface area contributed by atoms with Crippen LogP contribution in [0.25, 0.3) is 22.1 Å². The molecule has 2 heterocycles. The number of rotatable bonds is 3. The standard InChI is InChI=1S/C17H12N4O2/c22-16-17(21-15-8-4-3-7-14(15)20-16)23-10-11-9-18-12-5-1-2-6-13(12)19-11/h1-9H,10H2,(H,20,22). The summed E-state index contributed by atoms with van der Waals surface area (Å²) in [6.07, 6.45) is 1.64. The highest BCUT2D eigenvalue weighted by molar-refractivity contribution is 5.74. The summed E-state index contributed by atoms with van der Waals surface area (Å²) in [7, 11) is 0. The zero-order valence-electron chi connectivity index (χ0n) is 12.1. The predicted octanol–water partition coefficient (Wildman–Crippen LogP) is 2.45. The second kappa shape index (κ2) is 5.49. The van der Waals surface area contributed by atoms with Gasteiger partial charge >= 0.3 is 5.56 Å². The van der Waals surface area contributed by atoms with E-state index >= 15 is 0 Å². The number of aromatic amines is 1. The van der Waals surface area contributed by atoms with Crippen molar-refractivity contribution in [2.75, 3.05) is 0 Å². The molecule has 0 aliphatic carbocycles. The van der Waals surface area contributed by atoms with Crippen molar-refractivity contribution >= 4 is 22.1 Å². The van der Waals surface area contributed by atoms with Crippen LogP contribution in [0.3, 0.4) is 0 Å². The van der Waals surface area contributed by atoms with Crippen LogP contribution in [0.5, 0.6) is 5.88 Å². The number of fused-ring (bicyclic) bond motifs is 2. The Labute approximate surface area is 130 Å². The van der Waals surface area contributed by atoms with Gasteiger partial charge in [-0.3, -0.25) is 9.78 Å². The van der Waals surface area contributed by atoms with Gasteiger partial charge < -0.3 is 9.72 Å². The Morgan fingerprint density at radius 3 is 2.52 bits per heavy atom. The minimum Gasteiger partial charge on any atom is -0.467 e. The predicted molar refractivity (Wildman–Crippen MR) is 86.2 cm³/mol. The van der Waals surface area contributed by atoms with Crippen molar-refractivity contribution < 1.29 is 4.74 Å². The molecule has 0 spiro atoms. The molecule has 112 valence electrons. The molecular weight excluding hydrogens is 292 g/mol. The van der Waals surface area contributed by atoms with Crippen LogP contribution in [0.1, 0.15) is 5.69 Å². The summed E-state index contributed by atoms with van der Waals surface area (Å²) in [6.45, 7) is 0.131. The fourth-order valence-corrected chi connectivity index (χ4v) is 2.32. The van der Waals surface area contributed by atoms with E-state index < -0.39 is 0 Å². The van der Waals surface area contributed by atoms with E-state index in [-0.39, 0.29) is 18.0 Å². The van der Waals surface area contributed by atoms with Crippen molar-refractivity contribution in [1.82, 2.24) is 19.9 Å². The van der Waals surface area contributed by atoms with Crippen LogP contribution in [0.2, 0.25) is 0 Å². The summed E-state index contributed by atoms with van der Waals surface area (Å²) < 4.78 is 5.52. The fraction of sp³-hybridized carbons (Fsp3) is 0.0588. The third-order valence-corrected chi connectivity index (χ3v) is 3.42. The van der Waals surface area contributed by atoms with Gasteiger partial charge in [0.2, 0.25) is 0 Å². The molecule has 2 aromatic carbocycles. The lowest BCUT2D eigenvalue weighted by Gasteiger charge is -2.06. The third kappa shape index (κ3) is 2.62.